The monoisotopic (exact) mass is 264 g/mol. The molecule has 0 bridgehead atoms. The Morgan fingerprint density at radius 2 is 2.05 bits per heavy atom. The molecule has 1 heterocycles. The number of aromatic carboxylic acids is 1. The van der Waals surface area contributed by atoms with E-state index in [2.05, 4.69) is 10.3 Å². The van der Waals surface area contributed by atoms with Crippen molar-refractivity contribution in [3.8, 4) is 0 Å². The number of aliphatic hydroxyl groups is 1. The second-order valence-corrected chi connectivity index (χ2v) is 4.64. The molecule has 1 aliphatic carbocycles. The number of hydrogen-bond donors (Lipinski definition) is 3. The van der Waals surface area contributed by atoms with Gasteiger partial charge >= 0.3 is 5.97 Å². The first-order valence-corrected chi connectivity index (χ1v) is 6.27. The summed E-state index contributed by atoms with van der Waals surface area (Å²) in [4.78, 5) is 26.9. The standard InChI is InChI=1S/C13H16N2O4/c16-10-6-2-1-5-9(10)15-12(17)11-8(13(18)19)4-3-7-14-11/h3-4,7,9-10,16H,1-2,5-6H2,(H,15,17)(H,18,19)/t9-,10-/m1/s1. The van der Waals surface area contributed by atoms with Crippen molar-refractivity contribution in [3.05, 3.63) is 29.6 Å². The largest absolute Gasteiger partial charge is 0.478 e. The number of amides is 1. The first-order valence-electron chi connectivity index (χ1n) is 6.27. The van der Waals surface area contributed by atoms with E-state index >= 15 is 0 Å². The third-order valence-electron chi connectivity index (χ3n) is 3.30. The molecule has 1 aromatic rings. The fraction of sp³-hybridized carbons (Fsp3) is 0.462. The van der Waals surface area contributed by atoms with Crippen LogP contribution < -0.4 is 5.32 Å². The van der Waals surface area contributed by atoms with Crippen LogP contribution in [0.2, 0.25) is 0 Å². The van der Waals surface area contributed by atoms with Gasteiger partial charge in [-0.15, -0.1) is 0 Å². The maximum absolute atomic E-state index is 12.0. The molecule has 1 fully saturated rings. The number of carboxylic acids is 1. The van der Waals surface area contributed by atoms with Gasteiger partial charge in [-0.1, -0.05) is 12.8 Å². The first-order chi connectivity index (χ1) is 9.09. The van der Waals surface area contributed by atoms with Gasteiger partial charge in [0, 0.05) is 6.20 Å². The lowest BCUT2D eigenvalue weighted by Crippen LogP contribution is -2.45. The average molecular weight is 264 g/mol. The number of carbonyl (C=O) groups is 2. The number of pyridine rings is 1. The Morgan fingerprint density at radius 1 is 1.32 bits per heavy atom. The molecule has 6 nitrogen and oxygen atoms in total. The van der Waals surface area contributed by atoms with Crippen molar-refractivity contribution in [1.29, 1.82) is 0 Å². The van der Waals surface area contributed by atoms with Gasteiger partial charge in [-0.25, -0.2) is 4.79 Å². The van der Waals surface area contributed by atoms with Crippen LogP contribution in [0.3, 0.4) is 0 Å². The van der Waals surface area contributed by atoms with Gasteiger partial charge < -0.3 is 15.5 Å². The molecule has 1 saturated carbocycles. The molecule has 0 saturated heterocycles. The normalized spacial score (nSPS) is 22.8. The Kier molecular flexibility index (Phi) is 4.11. The summed E-state index contributed by atoms with van der Waals surface area (Å²) in [6, 6.07) is 2.47. The summed E-state index contributed by atoms with van der Waals surface area (Å²) in [6.45, 7) is 0. The molecular formula is C13H16N2O4. The summed E-state index contributed by atoms with van der Waals surface area (Å²) >= 11 is 0. The van der Waals surface area contributed by atoms with Crippen LogP contribution in [-0.4, -0.2) is 39.2 Å². The number of nitrogens with one attached hydrogen (secondary N) is 1. The van der Waals surface area contributed by atoms with Gasteiger partial charge in [0.2, 0.25) is 0 Å². The first kappa shape index (κ1) is 13.5. The number of nitrogens with zero attached hydrogens (tertiary/aromatic N) is 1. The second-order valence-electron chi connectivity index (χ2n) is 4.64. The van der Waals surface area contributed by atoms with Crippen molar-refractivity contribution in [3.63, 3.8) is 0 Å². The Hall–Kier alpha value is -1.95. The zero-order chi connectivity index (χ0) is 13.8. The number of carbonyl (C=O) groups excluding carboxylic acids is 1. The van der Waals surface area contributed by atoms with Crippen LogP contribution in [0.4, 0.5) is 0 Å². The molecule has 3 N–H and O–H groups in total. The topological polar surface area (TPSA) is 99.5 Å². The molecule has 2 atom stereocenters. The van der Waals surface area contributed by atoms with Crippen LogP contribution in [0.25, 0.3) is 0 Å². The molecule has 1 aliphatic rings. The molecule has 1 aromatic heterocycles. The van der Waals surface area contributed by atoms with E-state index in [-0.39, 0.29) is 17.3 Å². The smallest absolute Gasteiger partial charge is 0.338 e. The van der Waals surface area contributed by atoms with E-state index in [1.807, 2.05) is 0 Å². The fourth-order valence-corrected chi connectivity index (χ4v) is 2.28. The van der Waals surface area contributed by atoms with Crippen LogP contribution in [0.5, 0.6) is 0 Å². The molecule has 0 unspecified atom stereocenters. The summed E-state index contributed by atoms with van der Waals surface area (Å²) in [5.74, 6) is -1.74. The Morgan fingerprint density at radius 3 is 2.74 bits per heavy atom. The van der Waals surface area contributed by atoms with E-state index in [1.54, 1.807) is 0 Å². The van der Waals surface area contributed by atoms with Crippen molar-refractivity contribution < 1.29 is 19.8 Å². The van der Waals surface area contributed by atoms with E-state index in [9.17, 15) is 14.7 Å². The molecule has 6 heteroatoms. The maximum atomic E-state index is 12.0. The summed E-state index contributed by atoms with van der Waals surface area (Å²) in [5.41, 5.74) is -0.252. The minimum absolute atomic E-state index is 0.118. The van der Waals surface area contributed by atoms with E-state index in [4.69, 9.17) is 5.11 Å². The van der Waals surface area contributed by atoms with Crippen LogP contribution in [-0.2, 0) is 0 Å². The van der Waals surface area contributed by atoms with Gasteiger partial charge in [-0.2, -0.15) is 0 Å². The zero-order valence-electron chi connectivity index (χ0n) is 10.4. The van der Waals surface area contributed by atoms with Crippen molar-refractivity contribution >= 4 is 11.9 Å². The van der Waals surface area contributed by atoms with Crippen molar-refractivity contribution in [2.24, 2.45) is 0 Å². The van der Waals surface area contributed by atoms with Gasteiger partial charge in [-0.3, -0.25) is 9.78 Å². The molecule has 19 heavy (non-hydrogen) atoms. The summed E-state index contributed by atoms with van der Waals surface area (Å²) in [7, 11) is 0. The minimum Gasteiger partial charge on any atom is -0.478 e. The summed E-state index contributed by atoms with van der Waals surface area (Å²) in [5, 5.41) is 21.5. The van der Waals surface area contributed by atoms with Crippen LogP contribution in [0.15, 0.2) is 18.3 Å². The highest BCUT2D eigenvalue weighted by molar-refractivity contribution is 6.03. The van der Waals surface area contributed by atoms with E-state index in [0.29, 0.717) is 12.8 Å². The van der Waals surface area contributed by atoms with Gasteiger partial charge in [0.15, 0.2) is 0 Å². The van der Waals surface area contributed by atoms with Crippen molar-refractivity contribution in [2.45, 2.75) is 37.8 Å². The number of rotatable bonds is 3. The van der Waals surface area contributed by atoms with E-state index < -0.39 is 18.0 Å². The molecule has 0 aromatic carbocycles. The third kappa shape index (κ3) is 3.08. The number of aromatic nitrogens is 1. The molecule has 0 aliphatic heterocycles. The zero-order valence-corrected chi connectivity index (χ0v) is 10.4. The molecule has 2 rings (SSSR count). The van der Waals surface area contributed by atoms with Crippen LogP contribution in [0, 0.1) is 0 Å². The predicted octanol–water partition coefficient (Wildman–Crippen LogP) is 0.813. The fourth-order valence-electron chi connectivity index (χ4n) is 2.28. The highest BCUT2D eigenvalue weighted by Crippen LogP contribution is 2.19. The molecule has 1 amide bonds. The molecule has 102 valence electrons. The van der Waals surface area contributed by atoms with Crippen molar-refractivity contribution in [2.75, 3.05) is 0 Å². The Balaban J connectivity index is 2.13. The lowest BCUT2D eigenvalue weighted by atomic mass is 9.92. The van der Waals surface area contributed by atoms with Gasteiger partial charge in [0.1, 0.15) is 5.69 Å². The minimum atomic E-state index is -1.19. The van der Waals surface area contributed by atoms with Crippen LogP contribution in [0.1, 0.15) is 46.5 Å². The van der Waals surface area contributed by atoms with E-state index in [1.165, 1.54) is 18.3 Å². The SMILES string of the molecule is O=C(O)c1cccnc1C(=O)N[C@@H]1CCCC[C@H]1O. The summed E-state index contributed by atoms with van der Waals surface area (Å²) in [6.07, 6.45) is 4.03. The molecule has 0 spiro atoms. The van der Waals surface area contributed by atoms with E-state index in [0.717, 1.165) is 12.8 Å². The third-order valence-corrected chi connectivity index (χ3v) is 3.30. The summed E-state index contributed by atoms with van der Waals surface area (Å²) < 4.78 is 0. The van der Waals surface area contributed by atoms with Crippen molar-refractivity contribution in [1.82, 2.24) is 10.3 Å². The second kappa shape index (κ2) is 5.79. The number of aliphatic hydroxyl groups excluding tert-OH is 1. The molecular weight excluding hydrogens is 248 g/mol. The van der Waals surface area contributed by atoms with Crippen LogP contribution >= 0.6 is 0 Å². The maximum Gasteiger partial charge on any atom is 0.338 e. The highest BCUT2D eigenvalue weighted by Gasteiger charge is 2.26. The van der Waals surface area contributed by atoms with Gasteiger partial charge in [0.25, 0.3) is 5.91 Å². The number of carboxylic acid groups (broad SMARTS) is 1. The predicted molar refractivity (Wildman–Crippen MR) is 66.9 cm³/mol. The molecule has 0 radical (unpaired) electrons. The quantitative estimate of drug-likeness (QED) is 0.750. The lowest BCUT2D eigenvalue weighted by Gasteiger charge is -2.28. The average Bonchev–Trinajstić information content (AvgIpc) is 2.41. The van der Waals surface area contributed by atoms with Gasteiger partial charge in [0.05, 0.1) is 17.7 Å². The van der Waals surface area contributed by atoms with Gasteiger partial charge in [-0.05, 0) is 25.0 Å². The number of hydrogen-bond acceptors (Lipinski definition) is 4. The highest BCUT2D eigenvalue weighted by atomic mass is 16.4. The lowest BCUT2D eigenvalue weighted by molar-refractivity contribution is 0.0672. The Bertz CT molecular complexity index is 489. The Labute approximate surface area is 110 Å².